The molecule has 2 aromatic rings. The van der Waals surface area contributed by atoms with Gasteiger partial charge in [-0.15, -0.1) is 0 Å². The lowest BCUT2D eigenvalue weighted by molar-refractivity contribution is -0.129. The summed E-state index contributed by atoms with van der Waals surface area (Å²) >= 11 is 0. The molecule has 130 valence electrons. The van der Waals surface area contributed by atoms with E-state index in [2.05, 4.69) is 0 Å². The van der Waals surface area contributed by atoms with E-state index in [9.17, 15) is 14.7 Å². The van der Waals surface area contributed by atoms with Gasteiger partial charge in [-0.25, -0.2) is 4.79 Å². The van der Waals surface area contributed by atoms with E-state index in [4.69, 9.17) is 4.74 Å². The number of β-amino-alcohol motifs (C(OH)–C–C–N with tert-alkyl or cyclic N) is 1. The van der Waals surface area contributed by atoms with Gasteiger partial charge in [-0.1, -0.05) is 36.4 Å². The Labute approximate surface area is 145 Å². The van der Waals surface area contributed by atoms with Crippen molar-refractivity contribution in [3.8, 4) is 5.75 Å². The molecule has 2 aliphatic heterocycles. The maximum absolute atomic E-state index is 12.3. The summed E-state index contributed by atoms with van der Waals surface area (Å²) in [5, 5.41) is 12.3. The van der Waals surface area contributed by atoms with Gasteiger partial charge in [-0.3, -0.25) is 9.69 Å². The van der Waals surface area contributed by atoms with Crippen LogP contribution in [0.1, 0.15) is 12.8 Å². The zero-order chi connectivity index (χ0) is 17.4. The lowest BCUT2D eigenvalue weighted by atomic mass is 10.1. The molecule has 4 rings (SSSR count). The van der Waals surface area contributed by atoms with E-state index in [0.717, 1.165) is 22.1 Å². The summed E-state index contributed by atoms with van der Waals surface area (Å²) in [6, 6.07) is 12.9. The highest BCUT2D eigenvalue weighted by Gasteiger charge is 2.47. The second kappa shape index (κ2) is 6.37. The Kier molecular flexibility index (Phi) is 4.05. The Hall–Kier alpha value is -2.60. The molecular weight excluding hydrogens is 320 g/mol. The molecule has 2 aromatic carbocycles. The van der Waals surface area contributed by atoms with E-state index in [1.165, 1.54) is 0 Å². The van der Waals surface area contributed by atoms with Crippen LogP contribution in [0.15, 0.2) is 42.5 Å². The maximum atomic E-state index is 12.3. The summed E-state index contributed by atoms with van der Waals surface area (Å²) in [6.07, 6.45) is 0.652. The first-order valence-corrected chi connectivity index (χ1v) is 8.56. The molecule has 6 nitrogen and oxygen atoms in total. The van der Waals surface area contributed by atoms with Crippen LogP contribution in [-0.4, -0.2) is 58.7 Å². The Bertz CT molecular complexity index is 795. The van der Waals surface area contributed by atoms with Crippen molar-refractivity contribution in [2.75, 3.05) is 19.7 Å². The Morgan fingerprint density at radius 2 is 1.96 bits per heavy atom. The number of aliphatic hydroxyl groups excluding tert-OH is 1. The predicted molar refractivity (Wildman–Crippen MR) is 92.3 cm³/mol. The van der Waals surface area contributed by atoms with Crippen LogP contribution in [0.5, 0.6) is 5.75 Å². The third-order valence-electron chi connectivity index (χ3n) is 4.85. The molecule has 25 heavy (non-hydrogen) atoms. The number of hydrogen-bond acceptors (Lipinski definition) is 4. The zero-order valence-corrected chi connectivity index (χ0v) is 13.8. The summed E-state index contributed by atoms with van der Waals surface area (Å²) < 4.78 is 5.74. The highest BCUT2D eigenvalue weighted by molar-refractivity contribution is 6.04. The number of aliphatic hydroxyl groups is 1. The van der Waals surface area contributed by atoms with Gasteiger partial charge in [0.1, 0.15) is 24.5 Å². The standard InChI is InChI=1S/C19H20N2O4/c22-14(11-21-18(23)16-8-4-10-20(16)19(21)24)12-25-17-9-3-6-13-5-1-2-7-15(13)17/h1-3,5-7,9,14,16,22H,4,8,10-12H2/t14-,16+/m1/s1. The molecule has 2 saturated heterocycles. The first-order valence-electron chi connectivity index (χ1n) is 8.56. The lowest BCUT2D eigenvalue weighted by Gasteiger charge is -2.20. The molecule has 6 heteroatoms. The third kappa shape index (κ3) is 2.82. The van der Waals surface area contributed by atoms with Crippen molar-refractivity contribution < 1.29 is 19.4 Å². The lowest BCUT2D eigenvalue weighted by Crippen LogP contribution is -2.41. The maximum Gasteiger partial charge on any atom is 0.327 e. The number of carbonyl (C=O) groups is 2. The molecule has 0 spiro atoms. The normalized spacial score (nSPS) is 21.1. The van der Waals surface area contributed by atoms with Crippen LogP contribution in [0.3, 0.4) is 0 Å². The average Bonchev–Trinajstić information content (AvgIpc) is 3.20. The van der Waals surface area contributed by atoms with Crippen LogP contribution in [-0.2, 0) is 4.79 Å². The number of hydrogen-bond donors (Lipinski definition) is 1. The quantitative estimate of drug-likeness (QED) is 0.845. The molecule has 1 N–H and O–H groups in total. The number of fused-ring (bicyclic) bond motifs is 2. The van der Waals surface area contributed by atoms with E-state index >= 15 is 0 Å². The molecule has 0 aliphatic carbocycles. The van der Waals surface area contributed by atoms with Gasteiger partial charge in [0.15, 0.2) is 0 Å². The van der Waals surface area contributed by atoms with Gasteiger partial charge < -0.3 is 14.7 Å². The molecule has 0 aromatic heterocycles. The van der Waals surface area contributed by atoms with Crippen molar-refractivity contribution >= 4 is 22.7 Å². The van der Waals surface area contributed by atoms with Crippen molar-refractivity contribution in [2.45, 2.75) is 25.0 Å². The SMILES string of the molecule is O=C1[C@@H]2CCCN2C(=O)N1C[C@@H](O)COc1cccc2ccccc12. The molecular formula is C19H20N2O4. The second-order valence-electron chi connectivity index (χ2n) is 6.52. The Morgan fingerprint density at radius 3 is 2.80 bits per heavy atom. The Balaban J connectivity index is 1.40. The highest BCUT2D eigenvalue weighted by Crippen LogP contribution is 2.28. The van der Waals surface area contributed by atoms with Crippen LogP contribution in [0.2, 0.25) is 0 Å². The monoisotopic (exact) mass is 340 g/mol. The first-order chi connectivity index (χ1) is 12.1. The van der Waals surface area contributed by atoms with Gasteiger partial charge in [0.25, 0.3) is 5.91 Å². The number of imide groups is 1. The molecule has 0 unspecified atom stereocenters. The molecule has 3 amide bonds. The van der Waals surface area contributed by atoms with Gasteiger partial charge in [0, 0.05) is 11.9 Å². The number of amides is 3. The van der Waals surface area contributed by atoms with Crippen molar-refractivity contribution in [2.24, 2.45) is 0 Å². The predicted octanol–water partition coefficient (Wildman–Crippen LogP) is 2.01. The number of urea groups is 1. The fraction of sp³-hybridized carbons (Fsp3) is 0.368. The number of nitrogens with zero attached hydrogens (tertiary/aromatic N) is 2. The molecule has 0 saturated carbocycles. The van der Waals surface area contributed by atoms with Gasteiger partial charge >= 0.3 is 6.03 Å². The molecule has 2 fully saturated rings. The van der Waals surface area contributed by atoms with Crippen LogP contribution in [0.4, 0.5) is 4.79 Å². The van der Waals surface area contributed by atoms with Crippen LogP contribution in [0, 0.1) is 0 Å². The van der Waals surface area contributed by atoms with Crippen molar-refractivity contribution in [3.05, 3.63) is 42.5 Å². The van der Waals surface area contributed by atoms with Gasteiger partial charge in [-0.05, 0) is 24.3 Å². The molecule has 2 atom stereocenters. The minimum atomic E-state index is -0.924. The van der Waals surface area contributed by atoms with E-state index in [-0.39, 0.29) is 31.1 Å². The summed E-state index contributed by atoms with van der Waals surface area (Å²) in [6.45, 7) is 0.611. The minimum Gasteiger partial charge on any atom is -0.490 e. The number of rotatable bonds is 5. The molecule has 0 bridgehead atoms. The van der Waals surface area contributed by atoms with E-state index in [0.29, 0.717) is 18.7 Å². The van der Waals surface area contributed by atoms with E-state index in [1.54, 1.807) is 4.90 Å². The highest BCUT2D eigenvalue weighted by atomic mass is 16.5. The zero-order valence-electron chi connectivity index (χ0n) is 13.8. The summed E-state index contributed by atoms with van der Waals surface area (Å²) in [5.74, 6) is 0.476. The van der Waals surface area contributed by atoms with Gasteiger partial charge in [0.2, 0.25) is 0 Å². The van der Waals surface area contributed by atoms with Crippen molar-refractivity contribution in [1.82, 2.24) is 9.80 Å². The molecule has 0 radical (unpaired) electrons. The number of ether oxygens (including phenoxy) is 1. The number of benzene rings is 2. The largest absolute Gasteiger partial charge is 0.490 e. The van der Waals surface area contributed by atoms with Crippen LogP contribution in [0.25, 0.3) is 10.8 Å². The third-order valence-corrected chi connectivity index (χ3v) is 4.85. The van der Waals surface area contributed by atoms with E-state index in [1.807, 2.05) is 42.5 Å². The summed E-state index contributed by atoms with van der Waals surface area (Å²) in [5.41, 5.74) is 0. The van der Waals surface area contributed by atoms with E-state index < -0.39 is 6.10 Å². The Morgan fingerprint density at radius 1 is 1.16 bits per heavy atom. The smallest absolute Gasteiger partial charge is 0.327 e. The minimum absolute atomic E-state index is 0.0235. The van der Waals surface area contributed by atoms with Gasteiger partial charge in [0.05, 0.1) is 6.54 Å². The summed E-state index contributed by atoms with van der Waals surface area (Å²) in [7, 11) is 0. The fourth-order valence-corrected chi connectivity index (χ4v) is 3.62. The molecule has 2 aliphatic rings. The fourth-order valence-electron chi connectivity index (χ4n) is 3.62. The van der Waals surface area contributed by atoms with Crippen LogP contribution < -0.4 is 4.74 Å². The van der Waals surface area contributed by atoms with Crippen LogP contribution >= 0.6 is 0 Å². The van der Waals surface area contributed by atoms with Crippen molar-refractivity contribution in [1.29, 1.82) is 0 Å². The van der Waals surface area contributed by atoms with Gasteiger partial charge in [-0.2, -0.15) is 0 Å². The van der Waals surface area contributed by atoms with Crippen molar-refractivity contribution in [3.63, 3.8) is 0 Å². The topological polar surface area (TPSA) is 70.1 Å². The second-order valence-corrected chi connectivity index (χ2v) is 6.52. The average molecular weight is 340 g/mol. The first kappa shape index (κ1) is 15.9. The number of carbonyl (C=O) groups excluding carboxylic acids is 2. The molecule has 2 heterocycles. The summed E-state index contributed by atoms with van der Waals surface area (Å²) in [4.78, 5) is 27.3.